The number of halogens is 2. The van der Waals surface area contributed by atoms with Crippen LogP contribution in [0.2, 0.25) is 0 Å². The molecule has 0 saturated carbocycles. The van der Waals surface area contributed by atoms with Crippen LogP contribution in [0.5, 0.6) is 0 Å². The van der Waals surface area contributed by atoms with Gasteiger partial charge in [-0.05, 0) is 30.7 Å². The Hall–Kier alpha value is -1.69. The molecule has 1 aromatic carbocycles. The number of nitrogens with zero attached hydrogens (tertiary/aromatic N) is 2. The summed E-state index contributed by atoms with van der Waals surface area (Å²) in [5.74, 6) is -1.66. The third-order valence-electron chi connectivity index (χ3n) is 2.60. The predicted molar refractivity (Wildman–Crippen MR) is 78.1 cm³/mol. The summed E-state index contributed by atoms with van der Waals surface area (Å²) >= 11 is 0.534. The Morgan fingerprint density at radius 1 is 1.10 bits per heavy atom. The van der Waals surface area contributed by atoms with Crippen LogP contribution in [0.3, 0.4) is 0 Å². The van der Waals surface area contributed by atoms with Crippen molar-refractivity contribution in [2.45, 2.75) is 24.0 Å². The summed E-state index contributed by atoms with van der Waals surface area (Å²) in [4.78, 5) is 0.540. The minimum atomic E-state index is -2.40. The second kappa shape index (κ2) is 7.19. The van der Waals surface area contributed by atoms with Crippen molar-refractivity contribution in [3.63, 3.8) is 0 Å². The first kappa shape index (κ1) is 14.7. The summed E-state index contributed by atoms with van der Waals surface area (Å²) < 4.78 is 24.4. The third kappa shape index (κ3) is 4.16. The first-order chi connectivity index (χ1) is 9.69. The molecule has 0 bridgehead atoms. The summed E-state index contributed by atoms with van der Waals surface area (Å²) in [6, 6.07) is 10.6. The molecule has 2 aromatic rings. The highest BCUT2D eigenvalue weighted by Crippen LogP contribution is 2.27. The SMILES string of the molecule is CCCNc1ccc(-c2ccc(SC(F)F)cc2)nn1. The number of alkyl halides is 2. The fraction of sp³-hybridized carbons (Fsp3) is 0.286. The molecule has 0 aliphatic rings. The van der Waals surface area contributed by atoms with Gasteiger partial charge < -0.3 is 5.32 Å². The second-order valence-electron chi connectivity index (χ2n) is 4.13. The molecule has 0 aliphatic heterocycles. The molecule has 0 radical (unpaired) electrons. The van der Waals surface area contributed by atoms with Gasteiger partial charge in [0, 0.05) is 17.0 Å². The largest absolute Gasteiger partial charge is 0.369 e. The molecule has 2 rings (SSSR count). The first-order valence-corrected chi connectivity index (χ1v) is 7.20. The summed E-state index contributed by atoms with van der Waals surface area (Å²) in [5.41, 5.74) is 1.58. The Morgan fingerprint density at radius 2 is 1.85 bits per heavy atom. The molecule has 106 valence electrons. The van der Waals surface area contributed by atoms with Crippen LogP contribution >= 0.6 is 11.8 Å². The van der Waals surface area contributed by atoms with E-state index in [0.717, 1.165) is 30.0 Å². The van der Waals surface area contributed by atoms with Crippen LogP contribution in [-0.2, 0) is 0 Å². The minimum Gasteiger partial charge on any atom is -0.369 e. The topological polar surface area (TPSA) is 37.8 Å². The summed E-state index contributed by atoms with van der Waals surface area (Å²) in [6.07, 6.45) is 1.02. The molecular formula is C14H15F2N3S. The summed E-state index contributed by atoms with van der Waals surface area (Å²) in [5, 5.41) is 11.3. The van der Waals surface area contributed by atoms with Crippen LogP contribution in [0.4, 0.5) is 14.6 Å². The molecule has 0 saturated heterocycles. The van der Waals surface area contributed by atoms with Crippen molar-refractivity contribution in [1.29, 1.82) is 0 Å². The lowest BCUT2D eigenvalue weighted by molar-refractivity contribution is 0.252. The van der Waals surface area contributed by atoms with Crippen molar-refractivity contribution in [3.05, 3.63) is 36.4 Å². The highest BCUT2D eigenvalue weighted by atomic mass is 32.2. The van der Waals surface area contributed by atoms with Crippen LogP contribution in [0.1, 0.15) is 13.3 Å². The standard InChI is InChI=1S/C14H15F2N3S/c1-2-9-17-13-8-7-12(18-19-13)10-3-5-11(6-4-10)20-14(15)16/h3-8,14H,2,9H2,1H3,(H,17,19). The Morgan fingerprint density at radius 3 is 2.40 bits per heavy atom. The van der Waals surface area contributed by atoms with Crippen molar-refractivity contribution in [1.82, 2.24) is 10.2 Å². The maximum Gasteiger partial charge on any atom is 0.288 e. The number of nitrogens with one attached hydrogen (secondary N) is 1. The van der Waals surface area contributed by atoms with E-state index in [-0.39, 0.29) is 0 Å². The molecule has 0 amide bonds. The van der Waals surface area contributed by atoms with Crippen molar-refractivity contribution in [2.75, 3.05) is 11.9 Å². The zero-order valence-electron chi connectivity index (χ0n) is 11.0. The zero-order valence-corrected chi connectivity index (χ0v) is 11.8. The number of benzene rings is 1. The lowest BCUT2D eigenvalue weighted by Gasteiger charge is -2.05. The van der Waals surface area contributed by atoms with E-state index < -0.39 is 5.76 Å². The second-order valence-corrected chi connectivity index (χ2v) is 5.20. The number of thioether (sulfide) groups is 1. The molecule has 1 N–H and O–H groups in total. The van der Waals surface area contributed by atoms with Gasteiger partial charge in [-0.2, -0.15) is 8.78 Å². The van der Waals surface area contributed by atoms with Crippen molar-refractivity contribution >= 4 is 17.6 Å². The van der Waals surface area contributed by atoms with Crippen LogP contribution in [0, 0.1) is 0 Å². The smallest absolute Gasteiger partial charge is 0.288 e. The number of anilines is 1. The average Bonchev–Trinajstić information content (AvgIpc) is 2.46. The molecule has 3 nitrogen and oxygen atoms in total. The van der Waals surface area contributed by atoms with Crippen LogP contribution in [0.15, 0.2) is 41.3 Å². The average molecular weight is 295 g/mol. The molecule has 0 spiro atoms. The fourth-order valence-electron chi connectivity index (χ4n) is 1.64. The molecule has 0 unspecified atom stereocenters. The molecule has 6 heteroatoms. The lowest BCUT2D eigenvalue weighted by atomic mass is 10.1. The van der Waals surface area contributed by atoms with E-state index in [9.17, 15) is 8.78 Å². The van der Waals surface area contributed by atoms with Gasteiger partial charge in [0.1, 0.15) is 5.82 Å². The summed E-state index contributed by atoms with van der Waals surface area (Å²) in [7, 11) is 0. The first-order valence-electron chi connectivity index (χ1n) is 6.32. The normalized spacial score (nSPS) is 10.8. The molecule has 0 atom stereocenters. The van der Waals surface area contributed by atoms with Gasteiger partial charge in [-0.15, -0.1) is 10.2 Å². The predicted octanol–water partition coefficient (Wildman–Crippen LogP) is 4.28. The number of aromatic nitrogens is 2. The van der Waals surface area contributed by atoms with Gasteiger partial charge in [0.2, 0.25) is 0 Å². The Labute approximate surface area is 120 Å². The van der Waals surface area contributed by atoms with E-state index in [2.05, 4.69) is 22.4 Å². The number of rotatable bonds is 6. The van der Waals surface area contributed by atoms with Crippen LogP contribution < -0.4 is 5.32 Å². The monoisotopic (exact) mass is 295 g/mol. The summed E-state index contributed by atoms with van der Waals surface area (Å²) in [6.45, 7) is 2.93. The van der Waals surface area contributed by atoms with Gasteiger partial charge in [-0.25, -0.2) is 0 Å². The van der Waals surface area contributed by atoms with Gasteiger partial charge >= 0.3 is 0 Å². The Bertz CT molecular complexity index is 529. The Kier molecular flexibility index (Phi) is 5.29. The number of hydrogen-bond acceptors (Lipinski definition) is 4. The fourth-order valence-corrected chi connectivity index (χ4v) is 2.14. The third-order valence-corrected chi connectivity index (χ3v) is 3.32. The van der Waals surface area contributed by atoms with Crippen molar-refractivity contribution < 1.29 is 8.78 Å². The van der Waals surface area contributed by atoms with Crippen LogP contribution in [-0.4, -0.2) is 22.5 Å². The van der Waals surface area contributed by atoms with Crippen LogP contribution in [0.25, 0.3) is 11.3 Å². The van der Waals surface area contributed by atoms with Gasteiger partial charge in [0.05, 0.1) is 5.69 Å². The van der Waals surface area contributed by atoms with Gasteiger partial charge in [-0.1, -0.05) is 30.8 Å². The molecule has 0 aliphatic carbocycles. The van der Waals surface area contributed by atoms with E-state index in [1.807, 2.05) is 12.1 Å². The maximum atomic E-state index is 12.2. The van der Waals surface area contributed by atoms with Crippen molar-refractivity contribution in [2.24, 2.45) is 0 Å². The zero-order chi connectivity index (χ0) is 14.4. The maximum absolute atomic E-state index is 12.2. The number of hydrogen-bond donors (Lipinski definition) is 1. The van der Waals surface area contributed by atoms with Gasteiger partial charge in [-0.3, -0.25) is 0 Å². The Balaban J connectivity index is 2.07. The van der Waals surface area contributed by atoms with E-state index >= 15 is 0 Å². The molecule has 1 aromatic heterocycles. The molecular weight excluding hydrogens is 280 g/mol. The van der Waals surface area contributed by atoms with Gasteiger partial charge in [0.15, 0.2) is 0 Å². The van der Waals surface area contributed by atoms with E-state index in [1.165, 1.54) is 0 Å². The highest BCUT2D eigenvalue weighted by molar-refractivity contribution is 7.99. The minimum absolute atomic E-state index is 0.534. The van der Waals surface area contributed by atoms with E-state index in [1.54, 1.807) is 24.3 Å². The van der Waals surface area contributed by atoms with Gasteiger partial charge in [0.25, 0.3) is 5.76 Å². The molecule has 20 heavy (non-hydrogen) atoms. The van der Waals surface area contributed by atoms with E-state index in [4.69, 9.17) is 0 Å². The lowest BCUT2D eigenvalue weighted by Crippen LogP contribution is -2.02. The quantitative estimate of drug-likeness (QED) is 0.807. The van der Waals surface area contributed by atoms with Crippen molar-refractivity contribution in [3.8, 4) is 11.3 Å². The molecule has 0 fully saturated rings. The highest BCUT2D eigenvalue weighted by Gasteiger charge is 2.06. The molecule has 1 heterocycles. The van der Waals surface area contributed by atoms with E-state index in [0.29, 0.717) is 16.7 Å².